The molecule has 1 atom stereocenters. The average Bonchev–Trinajstić information content (AvgIpc) is 2.73. The number of aliphatic hydroxyl groups excluding tert-OH is 1. The molecule has 1 aromatic rings. The molecule has 5 nitrogen and oxygen atoms in total. The molecule has 3 amide bonds. The number of nitrogens with one attached hydrogen (secondary N) is 1. The first-order valence-electron chi connectivity index (χ1n) is 7.49. The molecular formula is C16H20N2O3. The number of urea groups is 1. The molecule has 2 aliphatic rings. The zero-order valence-corrected chi connectivity index (χ0v) is 11.9. The zero-order chi connectivity index (χ0) is 14.9. The van der Waals surface area contributed by atoms with Crippen LogP contribution in [0.15, 0.2) is 30.3 Å². The SMILES string of the molecule is O=C1NC2(CCCCC2)C(=O)N1C[C@@H](O)c1ccccc1. The van der Waals surface area contributed by atoms with Crippen molar-refractivity contribution < 1.29 is 14.7 Å². The van der Waals surface area contributed by atoms with Gasteiger partial charge in [-0.05, 0) is 18.4 Å². The van der Waals surface area contributed by atoms with Crippen LogP contribution in [-0.2, 0) is 4.79 Å². The van der Waals surface area contributed by atoms with Gasteiger partial charge in [0.05, 0.1) is 12.6 Å². The van der Waals surface area contributed by atoms with Crippen molar-refractivity contribution in [3.05, 3.63) is 35.9 Å². The van der Waals surface area contributed by atoms with Crippen molar-refractivity contribution in [1.82, 2.24) is 10.2 Å². The third kappa shape index (κ3) is 2.53. The number of carbonyl (C=O) groups is 2. The summed E-state index contributed by atoms with van der Waals surface area (Å²) in [4.78, 5) is 25.9. The van der Waals surface area contributed by atoms with Gasteiger partial charge in [0.2, 0.25) is 0 Å². The molecule has 112 valence electrons. The van der Waals surface area contributed by atoms with Crippen molar-refractivity contribution in [1.29, 1.82) is 0 Å². The van der Waals surface area contributed by atoms with E-state index in [1.807, 2.05) is 18.2 Å². The van der Waals surface area contributed by atoms with Gasteiger partial charge in [-0.15, -0.1) is 0 Å². The van der Waals surface area contributed by atoms with Crippen molar-refractivity contribution in [2.75, 3.05) is 6.54 Å². The van der Waals surface area contributed by atoms with Gasteiger partial charge in [0, 0.05) is 0 Å². The van der Waals surface area contributed by atoms with Crippen molar-refractivity contribution >= 4 is 11.9 Å². The number of β-amino-alcohol motifs (C(OH)–C–C–N with tert-alkyl or cyclic N) is 1. The molecule has 1 aliphatic heterocycles. The minimum atomic E-state index is -0.848. The highest BCUT2D eigenvalue weighted by atomic mass is 16.3. The van der Waals surface area contributed by atoms with E-state index in [0.717, 1.165) is 19.3 Å². The Morgan fingerprint density at radius 2 is 1.81 bits per heavy atom. The van der Waals surface area contributed by atoms with E-state index in [9.17, 15) is 14.7 Å². The number of hydrogen-bond donors (Lipinski definition) is 2. The van der Waals surface area contributed by atoms with Gasteiger partial charge in [-0.2, -0.15) is 0 Å². The Labute approximate surface area is 123 Å². The summed E-state index contributed by atoms with van der Waals surface area (Å²) in [5, 5.41) is 13.1. The number of imide groups is 1. The molecule has 0 aromatic heterocycles. The number of rotatable bonds is 3. The van der Waals surface area contributed by atoms with Gasteiger partial charge in [-0.25, -0.2) is 4.79 Å². The van der Waals surface area contributed by atoms with Gasteiger partial charge in [-0.3, -0.25) is 9.69 Å². The molecule has 0 radical (unpaired) electrons. The van der Waals surface area contributed by atoms with Crippen molar-refractivity contribution in [2.45, 2.75) is 43.7 Å². The van der Waals surface area contributed by atoms with Crippen LogP contribution in [-0.4, -0.2) is 34.0 Å². The molecule has 1 saturated carbocycles. The van der Waals surface area contributed by atoms with Crippen LogP contribution in [0, 0.1) is 0 Å². The lowest BCUT2D eigenvalue weighted by molar-refractivity contribution is -0.133. The highest BCUT2D eigenvalue weighted by Crippen LogP contribution is 2.34. The van der Waals surface area contributed by atoms with Crippen molar-refractivity contribution in [2.24, 2.45) is 0 Å². The third-order valence-corrected chi connectivity index (χ3v) is 4.49. The van der Waals surface area contributed by atoms with Gasteiger partial charge >= 0.3 is 6.03 Å². The fourth-order valence-electron chi connectivity index (χ4n) is 3.29. The van der Waals surface area contributed by atoms with E-state index >= 15 is 0 Å². The summed E-state index contributed by atoms with van der Waals surface area (Å²) in [6, 6.07) is 8.72. The first kappa shape index (κ1) is 14.1. The van der Waals surface area contributed by atoms with Crippen molar-refractivity contribution in [3.8, 4) is 0 Å². The van der Waals surface area contributed by atoms with Crippen LogP contribution in [0.3, 0.4) is 0 Å². The van der Waals surface area contributed by atoms with E-state index in [-0.39, 0.29) is 18.5 Å². The van der Waals surface area contributed by atoms with E-state index < -0.39 is 11.6 Å². The van der Waals surface area contributed by atoms with Crippen LogP contribution in [0.25, 0.3) is 0 Å². The summed E-state index contributed by atoms with van der Waals surface area (Å²) in [5.41, 5.74) is -0.00570. The second-order valence-electron chi connectivity index (χ2n) is 5.92. The van der Waals surface area contributed by atoms with Crippen LogP contribution in [0.1, 0.15) is 43.8 Å². The van der Waals surface area contributed by atoms with Gasteiger partial charge in [0.25, 0.3) is 5.91 Å². The van der Waals surface area contributed by atoms with E-state index in [4.69, 9.17) is 0 Å². The molecule has 1 spiro atoms. The van der Waals surface area contributed by atoms with E-state index in [0.29, 0.717) is 18.4 Å². The van der Waals surface area contributed by atoms with Crippen LogP contribution in [0.2, 0.25) is 0 Å². The lowest BCUT2D eigenvalue weighted by Crippen LogP contribution is -2.48. The van der Waals surface area contributed by atoms with Crippen molar-refractivity contribution in [3.63, 3.8) is 0 Å². The number of benzene rings is 1. The van der Waals surface area contributed by atoms with Gasteiger partial charge < -0.3 is 10.4 Å². The summed E-state index contributed by atoms with van der Waals surface area (Å²) >= 11 is 0. The summed E-state index contributed by atoms with van der Waals surface area (Å²) < 4.78 is 0. The number of hydrogen-bond acceptors (Lipinski definition) is 3. The van der Waals surface area contributed by atoms with Gasteiger partial charge in [-0.1, -0.05) is 49.6 Å². The smallest absolute Gasteiger partial charge is 0.325 e. The van der Waals surface area contributed by atoms with E-state index in [2.05, 4.69) is 5.32 Å². The highest BCUT2D eigenvalue weighted by Gasteiger charge is 2.51. The molecule has 1 aromatic carbocycles. The third-order valence-electron chi connectivity index (χ3n) is 4.49. The number of carbonyl (C=O) groups excluding carboxylic acids is 2. The molecule has 2 N–H and O–H groups in total. The minimum absolute atomic E-state index is 0.0103. The molecule has 0 unspecified atom stereocenters. The van der Waals surface area contributed by atoms with Gasteiger partial charge in [0.15, 0.2) is 0 Å². The van der Waals surface area contributed by atoms with Crippen LogP contribution >= 0.6 is 0 Å². The van der Waals surface area contributed by atoms with E-state index in [1.165, 1.54) is 4.90 Å². The molecular weight excluding hydrogens is 268 g/mol. The van der Waals surface area contributed by atoms with Crippen LogP contribution < -0.4 is 5.32 Å². The Morgan fingerprint density at radius 1 is 1.14 bits per heavy atom. The molecule has 5 heteroatoms. The summed E-state index contributed by atoms with van der Waals surface area (Å²) in [6.45, 7) is 0.0103. The Bertz CT molecular complexity index is 538. The highest BCUT2D eigenvalue weighted by molar-refractivity contribution is 6.07. The zero-order valence-electron chi connectivity index (χ0n) is 11.9. The maximum Gasteiger partial charge on any atom is 0.325 e. The summed E-state index contributed by atoms with van der Waals surface area (Å²) in [5.74, 6) is -0.179. The fourth-order valence-corrected chi connectivity index (χ4v) is 3.29. The lowest BCUT2D eigenvalue weighted by Gasteiger charge is -2.30. The second kappa shape index (κ2) is 5.48. The second-order valence-corrected chi connectivity index (χ2v) is 5.92. The number of nitrogens with zero attached hydrogens (tertiary/aromatic N) is 1. The molecule has 3 rings (SSSR count). The fraction of sp³-hybridized carbons (Fsp3) is 0.500. The Hall–Kier alpha value is -1.88. The average molecular weight is 288 g/mol. The largest absolute Gasteiger partial charge is 0.387 e. The Kier molecular flexibility index (Phi) is 3.68. The topological polar surface area (TPSA) is 69.6 Å². The maximum atomic E-state index is 12.6. The predicted molar refractivity (Wildman–Crippen MR) is 77.5 cm³/mol. The first-order chi connectivity index (χ1) is 10.1. The minimum Gasteiger partial charge on any atom is -0.387 e. The van der Waals surface area contributed by atoms with Gasteiger partial charge in [0.1, 0.15) is 5.54 Å². The normalized spacial score (nSPS) is 22.4. The molecule has 1 aliphatic carbocycles. The number of amides is 3. The quantitative estimate of drug-likeness (QED) is 0.836. The molecule has 21 heavy (non-hydrogen) atoms. The monoisotopic (exact) mass is 288 g/mol. The molecule has 1 saturated heterocycles. The number of aliphatic hydroxyl groups is 1. The maximum absolute atomic E-state index is 12.6. The Morgan fingerprint density at radius 3 is 2.48 bits per heavy atom. The predicted octanol–water partition coefficient (Wildman–Crippen LogP) is 1.97. The Balaban J connectivity index is 1.74. The molecule has 0 bridgehead atoms. The molecule has 2 fully saturated rings. The summed E-state index contributed by atoms with van der Waals surface area (Å²) in [6.07, 6.45) is 3.59. The van der Waals surface area contributed by atoms with E-state index in [1.54, 1.807) is 12.1 Å². The van der Waals surface area contributed by atoms with Crippen LogP contribution in [0.5, 0.6) is 0 Å². The standard InChI is InChI=1S/C16H20N2O3/c19-13(12-7-3-1-4-8-12)11-18-14(20)16(17-15(18)21)9-5-2-6-10-16/h1,3-4,7-8,13,19H,2,5-6,9-11H2,(H,17,21)/t13-/m1/s1. The first-order valence-corrected chi connectivity index (χ1v) is 7.49. The summed E-state index contributed by atoms with van der Waals surface area (Å²) in [7, 11) is 0. The van der Waals surface area contributed by atoms with Crippen LogP contribution in [0.4, 0.5) is 4.79 Å². The molecule has 1 heterocycles. The lowest BCUT2D eigenvalue weighted by atomic mass is 9.82.